The van der Waals surface area contributed by atoms with Crippen molar-refractivity contribution in [3.05, 3.63) is 94.1 Å². The average molecular weight is 572 g/mol. The Labute approximate surface area is 228 Å². The number of nitrogens with zero attached hydrogens (tertiary/aromatic N) is 3. The highest BCUT2D eigenvalue weighted by molar-refractivity contribution is 9.10. The second-order valence-electron chi connectivity index (χ2n) is 9.12. The maximum Gasteiger partial charge on any atom is 0.303 e. The van der Waals surface area contributed by atoms with Gasteiger partial charge in [-0.15, -0.1) is 0 Å². The van der Waals surface area contributed by atoms with Gasteiger partial charge < -0.3 is 9.84 Å². The van der Waals surface area contributed by atoms with E-state index >= 15 is 0 Å². The maximum absolute atomic E-state index is 13.3. The summed E-state index contributed by atoms with van der Waals surface area (Å²) in [5.41, 5.74) is 6.08. The summed E-state index contributed by atoms with van der Waals surface area (Å²) in [7, 11) is 1.59. The third kappa shape index (κ3) is 4.91. The third-order valence-electron chi connectivity index (χ3n) is 6.70. The fourth-order valence-electron chi connectivity index (χ4n) is 5.02. The largest absolute Gasteiger partial charge is 0.496 e. The first-order valence-electron chi connectivity index (χ1n) is 12.3. The number of methoxy groups -OCH3 is 1. The fourth-order valence-corrected chi connectivity index (χ4v) is 5.38. The molecule has 192 valence electrons. The number of benzene rings is 3. The minimum absolute atomic E-state index is 0.148. The van der Waals surface area contributed by atoms with Gasteiger partial charge in [-0.1, -0.05) is 64.5 Å². The molecule has 2 heterocycles. The van der Waals surface area contributed by atoms with Crippen LogP contribution in [0.5, 0.6) is 5.75 Å². The van der Waals surface area contributed by atoms with E-state index in [0.29, 0.717) is 12.2 Å². The van der Waals surface area contributed by atoms with E-state index in [1.54, 1.807) is 7.11 Å². The number of amides is 1. The quantitative estimate of drug-likeness (QED) is 0.272. The van der Waals surface area contributed by atoms with E-state index in [1.165, 1.54) is 5.01 Å². The van der Waals surface area contributed by atoms with Crippen LogP contribution in [0.25, 0.3) is 22.0 Å². The summed E-state index contributed by atoms with van der Waals surface area (Å²) in [6, 6.07) is 23.2. The molecule has 1 aliphatic heterocycles. The predicted octanol–water partition coefficient (Wildman–Crippen LogP) is 6.52. The standard InChI is InChI=1S/C30H26BrN3O4/c1-18-29(30(19-8-4-3-5-9-19)22-16-20(31)12-13-23(22)32-18)24-17-25(21-10-6-7-11-26(21)38-2)34(33-24)27(35)14-15-28(36)37/h3-13,16,25H,14-15,17H2,1-2H3,(H,36,37)/t25-/m0/s1. The Hall–Kier alpha value is -4.04. The lowest BCUT2D eigenvalue weighted by atomic mass is 9.89. The molecule has 8 heteroatoms. The number of rotatable bonds is 7. The molecule has 0 radical (unpaired) electrons. The van der Waals surface area contributed by atoms with Gasteiger partial charge in [0.1, 0.15) is 5.75 Å². The van der Waals surface area contributed by atoms with Gasteiger partial charge in [0.05, 0.1) is 30.8 Å². The molecule has 38 heavy (non-hydrogen) atoms. The Morgan fingerprint density at radius 2 is 1.76 bits per heavy atom. The molecule has 1 aliphatic rings. The molecule has 0 fully saturated rings. The number of aliphatic carboxylic acids is 1. The smallest absolute Gasteiger partial charge is 0.303 e. The molecular formula is C30H26BrN3O4. The third-order valence-corrected chi connectivity index (χ3v) is 7.19. The van der Waals surface area contributed by atoms with Gasteiger partial charge >= 0.3 is 5.97 Å². The minimum atomic E-state index is -1.03. The van der Waals surface area contributed by atoms with E-state index in [-0.39, 0.29) is 18.7 Å². The van der Waals surface area contributed by atoms with Crippen LogP contribution in [0.2, 0.25) is 0 Å². The van der Waals surface area contributed by atoms with E-state index in [1.807, 2.05) is 61.5 Å². The molecule has 1 N–H and O–H groups in total. The van der Waals surface area contributed by atoms with Gasteiger partial charge in [0.2, 0.25) is 5.91 Å². The highest BCUT2D eigenvalue weighted by Gasteiger charge is 2.36. The second-order valence-corrected chi connectivity index (χ2v) is 10.0. The van der Waals surface area contributed by atoms with E-state index < -0.39 is 12.0 Å². The van der Waals surface area contributed by atoms with E-state index in [2.05, 4.69) is 34.1 Å². The van der Waals surface area contributed by atoms with Crippen LogP contribution in [-0.2, 0) is 9.59 Å². The van der Waals surface area contributed by atoms with Gasteiger partial charge in [-0.25, -0.2) is 5.01 Å². The second kappa shape index (κ2) is 10.8. The number of para-hydroxylation sites is 1. The van der Waals surface area contributed by atoms with Crippen molar-refractivity contribution in [3.63, 3.8) is 0 Å². The number of hydrogen-bond donors (Lipinski definition) is 1. The van der Waals surface area contributed by atoms with Crippen LogP contribution >= 0.6 is 15.9 Å². The monoisotopic (exact) mass is 571 g/mol. The molecule has 0 aliphatic carbocycles. The summed E-state index contributed by atoms with van der Waals surface area (Å²) < 4.78 is 6.55. The molecule has 0 saturated carbocycles. The molecule has 1 aromatic heterocycles. The molecule has 1 atom stereocenters. The predicted molar refractivity (Wildman–Crippen MR) is 150 cm³/mol. The number of carbonyl (C=O) groups excluding carboxylic acids is 1. The Morgan fingerprint density at radius 3 is 2.50 bits per heavy atom. The van der Waals surface area contributed by atoms with Crippen LogP contribution in [0, 0.1) is 6.92 Å². The van der Waals surface area contributed by atoms with Crippen LogP contribution < -0.4 is 4.74 Å². The molecule has 0 spiro atoms. The number of hydrogen-bond acceptors (Lipinski definition) is 5. The zero-order valence-electron chi connectivity index (χ0n) is 21.0. The van der Waals surface area contributed by atoms with Crippen LogP contribution in [-0.4, -0.2) is 39.8 Å². The molecule has 7 nitrogen and oxygen atoms in total. The molecule has 0 saturated heterocycles. The van der Waals surface area contributed by atoms with Gasteiger partial charge in [0.15, 0.2) is 0 Å². The summed E-state index contributed by atoms with van der Waals surface area (Å²) in [6.45, 7) is 1.96. The van der Waals surface area contributed by atoms with Gasteiger partial charge in [-0.3, -0.25) is 14.6 Å². The molecular weight excluding hydrogens is 546 g/mol. The van der Waals surface area contributed by atoms with Crippen LogP contribution in [0.15, 0.2) is 82.4 Å². The van der Waals surface area contributed by atoms with Gasteiger partial charge in [-0.2, -0.15) is 5.10 Å². The van der Waals surface area contributed by atoms with Crippen molar-refractivity contribution in [2.45, 2.75) is 32.2 Å². The number of pyridine rings is 1. The highest BCUT2D eigenvalue weighted by atomic mass is 79.9. The average Bonchev–Trinajstić information content (AvgIpc) is 3.36. The number of carboxylic acid groups (broad SMARTS) is 1. The summed E-state index contributed by atoms with van der Waals surface area (Å²) >= 11 is 3.61. The zero-order chi connectivity index (χ0) is 26.8. The van der Waals surface area contributed by atoms with Gasteiger partial charge in [-0.05, 0) is 36.8 Å². The molecule has 1 amide bonds. The number of aromatic nitrogens is 1. The molecule has 0 bridgehead atoms. The van der Waals surface area contributed by atoms with Crippen molar-refractivity contribution in [1.82, 2.24) is 9.99 Å². The van der Waals surface area contributed by atoms with Crippen LogP contribution in [0.4, 0.5) is 0 Å². The maximum atomic E-state index is 13.3. The summed E-state index contributed by atoms with van der Waals surface area (Å²) in [5, 5.41) is 16.4. The van der Waals surface area contributed by atoms with Crippen LogP contribution in [0.3, 0.4) is 0 Å². The van der Waals surface area contributed by atoms with Crippen molar-refractivity contribution in [2.24, 2.45) is 5.10 Å². The van der Waals surface area contributed by atoms with Crippen molar-refractivity contribution in [3.8, 4) is 16.9 Å². The number of halogens is 1. The van der Waals surface area contributed by atoms with E-state index in [0.717, 1.165) is 49.0 Å². The lowest BCUT2D eigenvalue weighted by Gasteiger charge is -2.23. The number of carbonyl (C=O) groups is 2. The first-order valence-corrected chi connectivity index (χ1v) is 13.1. The number of fused-ring (bicyclic) bond motifs is 1. The Balaban J connectivity index is 1.71. The van der Waals surface area contributed by atoms with Crippen molar-refractivity contribution in [2.75, 3.05) is 7.11 Å². The van der Waals surface area contributed by atoms with Crippen molar-refractivity contribution in [1.29, 1.82) is 0 Å². The number of hydrazone groups is 1. The number of aryl methyl sites for hydroxylation is 1. The summed E-state index contributed by atoms with van der Waals surface area (Å²) in [4.78, 5) is 29.4. The first-order chi connectivity index (χ1) is 18.4. The molecule has 4 aromatic rings. The SMILES string of the molecule is COc1ccccc1[C@@H]1CC(c2c(C)nc3ccc(Br)cc3c2-c2ccccc2)=NN1C(=O)CCC(=O)O. The Morgan fingerprint density at radius 1 is 1.03 bits per heavy atom. The summed E-state index contributed by atoms with van der Waals surface area (Å²) in [5.74, 6) is -0.735. The van der Waals surface area contributed by atoms with Crippen molar-refractivity contribution < 1.29 is 19.4 Å². The first kappa shape index (κ1) is 25.6. The highest BCUT2D eigenvalue weighted by Crippen LogP contribution is 2.42. The Kier molecular flexibility index (Phi) is 7.24. The molecule has 3 aromatic carbocycles. The zero-order valence-corrected chi connectivity index (χ0v) is 22.6. The summed E-state index contributed by atoms with van der Waals surface area (Å²) in [6.07, 6.45) is 0.0188. The molecule has 5 rings (SSSR count). The minimum Gasteiger partial charge on any atom is -0.496 e. The molecule has 0 unspecified atom stereocenters. The van der Waals surface area contributed by atoms with Gasteiger partial charge in [0, 0.05) is 45.1 Å². The number of ether oxygens (including phenoxy) is 1. The van der Waals surface area contributed by atoms with E-state index in [4.69, 9.17) is 14.8 Å². The normalized spacial score (nSPS) is 15.0. The van der Waals surface area contributed by atoms with Crippen molar-refractivity contribution >= 4 is 44.4 Å². The van der Waals surface area contributed by atoms with E-state index in [9.17, 15) is 14.7 Å². The topological polar surface area (TPSA) is 92.1 Å². The van der Waals surface area contributed by atoms with Crippen LogP contribution in [0.1, 0.15) is 42.1 Å². The van der Waals surface area contributed by atoms with Gasteiger partial charge in [0.25, 0.3) is 0 Å². The Bertz CT molecular complexity index is 1570. The lowest BCUT2D eigenvalue weighted by molar-refractivity contribution is -0.141. The number of carboxylic acids is 1. The lowest BCUT2D eigenvalue weighted by Crippen LogP contribution is -2.27. The fraction of sp³-hybridized carbons (Fsp3) is 0.200.